The van der Waals surface area contributed by atoms with E-state index in [1.165, 1.54) is 30.3 Å². The number of aliphatic hydroxyl groups is 1. The number of benzene rings is 3. The van der Waals surface area contributed by atoms with Crippen molar-refractivity contribution < 1.29 is 42.1 Å². The zero-order valence-corrected chi connectivity index (χ0v) is 22.5. The van der Waals surface area contributed by atoms with Crippen molar-refractivity contribution in [2.24, 2.45) is 0 Å². The van der Waals surface area contributed by atoms with E-state index in [1.807, 2.05) is 0 Å². The molecule has 0 bridgehead atoms. The molecule has 0 spiro atoms. The van der Waals surface area contributed by atoms with Crippen LogP contribution in [-0.4, -0.2) is 62.6 Å². The van der Waals surface area contributed by atoms with E-state index >= 15 is 0 Å². The van der Waals surface area contributed by atoms with Crippen molar-refractivity contribution >= 4 is 43.9 Å². The first kappa shape index (κ1) is 30.9. The molecule has 1 atom stereocenters. The van der Waals surface area contributed by atoms with Crippen LogP contribution in [0.15, 0.2) is 70.5 Å². The van der Waals surface area contributed by atoms with E-state index in [0.29, 0.717) is 18.5 Å². The molecule has 0 aliphatic heterocycles. The van der Waals surface area contributed by atoms with Crippen molar-refractivity contribution in [3.63, 3.8) is 0 Å². The zero-order valence-electron chi connectivity index (χ0n) is 20.0. The lowest BCUT2D eigenvalue weighted by Crippen LogP contribution is -2.24. The molecule has 0 heterocycles. The van der Waals surface area contributed by atoms with Crippen molar-refractivity contribution in [1.82, 2.24) is 5.32 Å². The standard InChI is InChI=1S/C24H26N2O9S2.ClH/c1-36(32,33)26-20-12-16(4-8-22(20)28)23(29)14-25-11-10-15-2-5-17(6-3-15)37(34,35)18-7-9-21(27)19(13-18)24(30)31;/h2-9,12-13,23,25-29H,10-11,14H2,1H3,(H,30,31);1H/t23-;/m1./s1. The first-order chi connectivity index (χ1) is 17.3. The fourth-order valence-corrected chi connectivity index (χ4v) is 5.31. The molecule has 0 aromatic heterocycles. The van der Waals surface area contributed by atoms with E-state index in [4.69, 9.17) is 5.11 Å². The summed E-state index contributed by atoms with van der Waals surface area (Å²) < 4.78 is 50.7. The third-order valence-electron chi connectivity index (χ3n) is 5.37. The van der Waals surface area contributed by atoms with Gasteiger partial charge in [0.15, 0.2) is 0 Å². The van der Waals surface area contributed by atoms with E-state index < -0.39 is 43.2 Å². The van der Waals surface area contributed by atoms with Crippen LogP contribution >= 0.6 is 12.4 Å². The number of rotatable bonds is 11. The number of sulfone groups is 1. The molecule has 0 aliphatic carbocycles. The Morgan fingerprint density at radius 1 is 0.895 bits per heavy atom. The van der Waals surface area contributed by atoms with Crippen molar-refractivity contribution in [1.29, 1.82) is 0 Å². The molecule has 38 heavy (non-hydrogen) atoms. The Labute approximate surface area is 226 Å². The summed E-state index contributed by atoms with van der Waals surface area (Å²) in [5.74, 6) is -2.25. The van der Waals surface area contributed by atoms with Crippen LogP contribution in [0.25, 0.3) is 0 Å². The van der Waals surface area contributed by atoms with Gasteiger partial charge in [-0.3, -0.25) is 4.72 Å². The molecule has 3 aromatic carbocycles. The number of sulfonamides is 1. The maximum atomic E-state index is 12.9. The van der Waals surface area contributed by atoms with Crippen LogP contribution in [0.1, 0.15) is 27.6 Å². The lowest BCUT2D eigenvalue weighted by Gasteiger charge is -2.15. The van der Waals surface area contributed by atoms with Crippen LogP contribution in [-0.2, 0) is 26.3 Å². The van der Waals surface area contributed by atoms with Crippen LogP contribution in [0.5, 0.6) is 11.5 Å². The number of carboxylic acids is 1. The predicted molar refractivity (Wildman–Crippen MR) is 142 cm³/mol. The highest BCUT2D eigenvalue weighted by Crippen LogP contribution is 2.28. The fourth-order valence-electron chi connectivity index (χ4n) is 3.46. The van der Waals surface area contributed by atoms with Gasteiger partial charge >= 0.3 is 5.97 Å². The highest BCUT2D eigenvalue weighted by molar-refractivity contribution is 7.92. The fraction of sp³-hybridized carbons (Fsp3) is 0.208. The van der Waals surface area contributed by atoms with Crippen molar-refractivity contribution in [2.75, 3.05) is 24.1 Å². The summed E-state index contributed by atoms with van der Waals surface area (Å²) in [6.45, 7) is 0.581. The average Bonchev–Trinajstić information content (AvgIpc) is 2.82. The monoisotopic (exact) mass is 586 g/mol. The summed E-state index contributed by atoms with van der Waals surface area (Å²) in [7, 11) is -7.61. The number of phenolic OH excluding ortho intramolecular Hbond substituents is 1. The number of hydrogen-bond acceptors (Lipinski definition) is 9. The van der Waals surface area contributed by atoms with Crippen LogP contribution < -0.4 is 10.0 Å². The maximum absolute atomic E-state index is 12.9. The van der Waals surface area contributed by atoms with Gasteiger partial charge in [-0.2, -0.15) is 0 Å². The van der Waals surface area contributed by atoms with Gasteiger partial charge in [0.25, 0.3) is 0 Å². The van der Waals surface area contributed by atoms with E-state index in [2.05, 4.69) is 10.0 Å². The van der Waals surface area contributed by atoms with Crippen molar-refractivity contribution in [3.8, 4) is 11.5 Å². The Morgan fingerprint density at radius 3 is 2.11 bits per heavy atom. The molecule has 0 saturated heterocycles. The molecule has 0 unspecified atom stereocenters. The van der Waals surface area contributed by atoms with Crippen LogP contribution in [0.2, 0.25) is 0 Å². The summed E-state index contributed by atoms with van der Waals surface area (Å²) in [6, 6.07) is 13.2. The lowest BCUT2D eigenvalue weighted by atomic mass is 10.1. The number of halogens is 1. The zero-order chi connectivity index (χ0) is 27.4. The van der Waals surface area contributed by atoms with E-state index in [9.17, 15) is 36.9 Å². The molecule has 0 amide bonds. The SMILES string of the molecule is CS(=O)(=O)Nc1cc([C@H](O)CNCCc2ccc(S(=O)(=O)c3ccc(O)c(C(=O)O)c3)cc2)ccc1O.Cl. The minimum absolute atomic E-state index is 0. The van der Waals surface area contributed by atoms with Gasteiger partial charge in [0.1, 0.15) is 17.1 Å². The van der Waals surface area contributed by atoms with Gasteiger partial charge < -0.3 is 25.7 Å². The van der Waals surface area contributed by atoms with Gasteiger partial charge in [-0.1, -0.05) is 18.2 Å². The van der Waals surface area contributed by atoms with E-state index in [-0.39, 0.29) is 40.2 Å². The van der Waals surface area contributed by atoms with Crippen molar-refractivity contribution in [3.05, 3.63) is 77.4 Å². The number of carboxylic acid groups (broad SMARTS) is 1. The number of nitrogens with one attached hydrogen (secondary N) is 2. The highest BCUT2D eigenvalue weighted by atomic mass is 35.5. The summed E-state index contributed by atoms with van der Waals surface area (Å²) in [6.07, 6.45) is 0.474. The van der Waals surface area contributed by atoms with Crippen molar-refractivity contribution in [2.45, 2.75) is 22.3 Å². The Balaban J connectivity index is 0.00000507. The average molecular weight is 587 g/mol. The molecule has 14 heteroatoms. The van der Waals surface area contributed by atoms with Gasteiger partial charge in [0.2, 0.25) is 19.9 Å². The Kier molecular flexibility index (Phi) is 10.1. The van der Waals surface area contributed by atoms with Gasteiger partial charge in [0.05, 0.1) is 27.8 Å². The Morgan fingerprint density at radius 2 is 1.50 bits per heavy atom. The summed E-state index contributed by atoms with van der Waals surface area (Å²) >= 11 is 0. The van der Waals surface area contributed by atoms with Gasteiger partial charge in [-0.05, 0) is 66.6 Å². The third kappa shape index (κ3) is 7.82. The quantitative estimate of drug-likeness (QED) is 0.143. The van der Waals surface area contributed by atoms with Gasteiger partial charge in [-0.15, -0.1) is 12.4 Å². The largest absolute Gasteiger partial charge is 0.507 e. The summed E-state index contributed by atoms with van der Waals surface area (Å²) in [4.78, 5) is 10.9. The topological polar surface area (TPSA) is 190 Å². The van der Waals surface area contributed by atoms with Gasteiger partial charge in [0, 0.05) is 6.54 Å². The molecule has 0 fully saturated rings. The molecular weight excluding hydrogens is 560 g/mol. The molecule has 11 nitrogen and oxygen atoms in total. The number of phenols is 2. The van der Waals surface area contributed by atoms with Crippen LogP contribution in [0.4, 0.5) is 5.69 Å². The molecule has 3 aromatic rings. The second kappa shape index (κ2) is 12.5. The minimum atomic E-state index is -4.00. The normalized spacial score (nSPS) is 12.4. The Bertz CT molecular complexity index is 1510. The molecule has 0 radical (unpaired) electrons. The minimum Gasteiger partial charge on any atom is -0.507 e. The molecule has 0 saturated carbocycles. The number of aromatic carboxylic acids is 1. The first-order valence-corrected chi connectivity index (χ1v) is 14.3. The lowest BCUT2D eigenvalue weighted by molar-refractivity contribution is 0.0693. The van der Waals surface area contributed by atoms with Gasteiger partial charge in [-0.25, -0.2) is 21.6 Å². The second-order valence-electron chi connectivity index (χ2n) is 8.25. The molecule has 206 valence electrons. The molecule has 6 N–H and O–H groups in total. The number of hydrogen-bond donors (Lipinski definition) is 6. The highest BCUT2D eigenvalue weighted by Gasteiger charge is 2.21. The number of carbonyl (C=O) groups is 1. The van der Waals surface area contributed by atoms with E-state index in [0.717, 1.165) is 30.0 Å². The maximum Gasteiger partial charge on any atom is 0.339 e. The molecule has 0 aliphatic rings. The number of anilines is 1. The predicted octanol–water partition coefficient (Wildman–Crippen LogP) is 2.29. The molecular formula is C24H27ClN2O9S2. The second-order valence-corrected chi connectivity index (χ2v) is 12.0. The Hall–Kier alpha value is -3.36. The number of aliphatic hydroxyl groups excluding tert-OH is 1. The number of aromatic hydroxyl groups is 2. The van der Waals surface area contributed by atoms with Crippen LogP contribution in [0, 0.1) is 0 Å². The molecule has 3 rings (SSSR count). The van der Waals surface area contributed by atoms with E-state index in [1.54, 1.807) is 12.1 Å². The first-order valence-electron chi connectivity index (χ1n) is 10.9. The van der Waals surface area contributed by atoms with Crippen LogP contribution in [0.3, 0.4) is 0 Å². The smallest absolute Gasteiger partial charge is 0.339 e. The summed E-state index contributed by atoms with van der Waals surface area (Å²) in [5, 5.41) is 42.0. The summed E-state index contributed by atoms with van der Waals surface area (Å²) in [5.41, 5.74) is 0.648. The third-order valence-corrected chi connectivity index (χ3v) is 7.73.